The summed E-state index contributed by atoms with van der Waals surface area (Å²) in [6, 6.07) is 7.06. The van der Waals surface area contributed by atoms with Gasteiger partial charge in [-0.2, -0.15) is 0 Å². The monoisotopic (exact) mass is 355 g/mol. The Morgan fingerprint density at radius 3 is 2.35 bits per heavy atom. The van der Waals surface area contributed by atoms with E-state index in [2.05, 4.69) is 19.0 Å². The Bertz CT molecular complexity index is 784. The number of amides is 4. The first-order valence-electron chi connectivity index (χ1n) is 8.87. The number of anilines is 1. The molecule has 2 N–H and O–H groups in total. The Morgan fingerprint density at radius 2 is 1.85 bits per heavy atom. The number of hydrogen-bond acceptors (Lipinski definition) is 4. The van der Waals surface area contributed by atoms with Crippen molar-refractivity contribution in [2.45, 2.75) is 30.2 Å². The van der Waals surface area contributed by atoms with E-state index >= 15 is 0 Å². The smallest absolute Gasteiger partial charge is 0.332 e. The molecule has 1 atom stereocenters. The number of hydrogen-bond donors (Lipinski definition) is 1. The van der Waals surface area contributed by atoms with Gasteiger partial charge in [0.2, 0.25) is 5.54 Å². The van der Waals surface area contributed by atoms with Crippen molar-refractivity contribution in [1.82, 2.24) is 9.80 Å². The van der Waals surface area contributed by atoms with Crippen LogP contribution in [0.3, 0.4) is 0 Å². The molecule has 1 aromatic carbocycles. The van der Waals surface area contributed by atoms with Crippen LogP contribution in [0.4, 0.5) is 10.5 Å². The van der Waals surface area contributed by atoms with E-state index in [1.807, 2.05) is 12.1 Å². The number of imide groups is 1. The highest BCUT2D eigenvalue weighted by molar-refractivity contribution is 6.32. The zero-order valence-electron chi connectivity index (χ0n) is 15.1. The van der Waals surface area contributed by atoms with Gasteiger partial charge in [0.1, 0.15) is 0 Å². The van der Waals surface area contributed by atoms with Crippen LogP contribution in [0.2, 0.25) is 0 Å². The lowest BCUT2D eigenvalue weighted by Crippen LogP contribution is -2.55. The molecule has 137 valence electrons. The molecule has 0 bridgehead atoms. The second-order valence-corrected chi connectivity index (χ2v) is 7.76. The van der Waals surface area contributed by atoms with Crippen molar-refractivity contribution in [3.63, 3.8) is 0 Å². The predicted molar refractivity (Wildman–Crippen MR) is 96.3 cm³/mol. The van der Waals surface area contributed by atoms with Crippen LogP contribution in [0, 0.1) is 6.42 Å². The molecule has 0 unspecified atom stereocenters. The largest absolute Gasteiger partial charge is 0.367 e. The maximum Gasteiger partial charge on any atom is 0.332 e. The molecule has 3 aliphatic rings. The van der Waals surface area contributed by atoms with E-state index in [4.69, 9.17) is 5.73 Å². The number of benzene rings is 1. The molecule has 2 aliphatic heterocycles. The van der Waals surface area contributed by atoms with Crippen LogP contribution >= 0.6 is 0 Å². The van der Waals surface area contributed by atoms with Crippen LogP contribution in [0.5, 0.6) is 0 Å². The van der Waals surface area contributed by atoms with Crippen LogP contribution in [0.25, 0.3) is 0 Å². The molecule has 7 heteroatoms. The summed E-state index contributed by atoms with van der Waals surface area (Å²) in [4.78, 5) is 42.2. The minimum absolute atomic E-state index is 0.170. The van der Waals surface area contributed by atoms with E-state index < -0.39 is 23.4 Å². The van der Waals surface area contributed by atoms with Gasteiger partial charge < -0.3 is 15.5 Å². The summed E-state index contributed by atoms with van der Waals surface area (Å²) < 4.78 is 0. The molecule has 1 radical (unpaired) electrons. The number of carbonyl (C=O) groups is 3. The molecule has 1 aliphatic carbocycles. The van der Waals surface area contributed by atoms with Gasteiger partial charge >= 0.3 is 6.03 Å². The van der Waals surface area contributed by atoms with E-state index in [0.717, 1.165) is 24.3 Å². The Labute approximate surface area is 152 Å². The van der Waals surface area contributed by atoms with Gasteiger partial charge in [0.05, 0.1) is 5.69 Å². The van der Waals surface area contributed by atoms with Gasteiger partial charge in [0.25, 0.3) is 11.8 Å². The molecular weight excluding hydrogens is 332 g/mol. The Morgan fingerprint density at radius 1 is 1.19 bits per heavy atom. The maximum atomic E-state index is 12.9. The number of rotatable bonds is 5. The summed E-state index contributed by atoms with van der Waals surface area (Å²) in [5.74, 6) is -1.37. The maximum absolute atomic E-state index is 12.9. The van der Waals surface area contributed by atoms with Crippen molar-refractivity contribution in [3.8, 4) is 0 Å². The summed E-state index contributed by atoms with van der Waals surface area (Å²) in [5, 5.41) is 0. The second-order valence-electron chi connectivity index (χ2n) is 7.76. The summed E-state index contributed by atoms with van der Waals surface area (Å²) in [6.45, 7) is 1.30. The number of primary amides is 1. The first-order chi connectivity index (χ1) is 12.3. The fourth-order valence-electron chi connectivity index (χ4n) is 4.34. The van der Waals surface area contributed by atoms with Crippen molar-refractivity contribution in [3.05, 3.63) is 36.2 Å². The lowest BCUT2D eigenvalue weighted by molar-refractivity contribution is -0.134. The second kappa shape index (κ2) is 5.54. The molecule has 4 amide bonds. The lowest BCUT2D eigenvalue weighted by atomic mass is 9.94. The Hall–Kier alpha value is -2.41. The molecule has 7 nitrogen and oxygen atoms in total. The molecule has 3 fully saturated rings. The number of fused-ring (bicyclic) bond motifs is 1. The molecular formula is C19H23N4O3. The third-order valence-corrected chi connectivity index (χ3v) is 5.76. The van der Waals surface area contributed by atoms with Gasteiger partial charge in [-0.05, 0) is 51.1 Å². The van der Waals surface area contributed by atoms with Gasteiger partial charge in [0, 0.05) is 24.9 Å². The average Bonchev–Trinajstić information content (AvgIpc) is 3.15. The highest BCUT2D eigenvalue weighted by Gasteiger charge is 2.64. The van der Waals surface area contributed by atoms with E-state index in [0.29, 0.717) is 18.7 Å². The van der Waals surface area contributed by atoms with Crippen molar-refractivity contribution in [1.29, 1.82) is 0 Å². The fraction of sp³-hybridized carbons (Fsp3) is 0.474. The number of likely N-dealkylation sites (N-methyl/N-ethyl adjacent to an activating group) is 1. The summed E-state index contributed by atoms with van der Waals surface area (Å²) >= 11 is 0. The minimum atomic E-state index is -1.63. The molecule has 1 aromatic rings. The SMILES string of the molecule is CN(C)CC1(c2ccc(N3C(=O)N4CC[CH][C@]4(C(N)=O)C3=O)cc2)CC1. The molecule has 0 aromatic heterocycles. The number of carbonyl (C=O) groups excluding carboxylic acids is 3. The summed E-state index contributed by atoms with van der Waals surface area (Å²) in [5.41, 5.74) is 5.72. The minimum Gasteiger partial charge on any atom is -0.367 e. The molecule has 2 saturated heterocycles. The van der Waals surface area contributed by atoms with E-state index in [1.54, 1.807) is 18.6 Å². The number of nitrogens with zero attached hydrogens (tertiary/aromatic N) is 3. The Balaban J connectivity index is 1.64. The lowest BCUT2D eigenvalue weighted by Gasteiger charge is -2.23. The van der Waals surface area contributed by atoms with Gasteiger partial charge in [-0.1, -0.05) is 12.1 Å². The third-order valence-electron chi connectivity index (χ3n) is 5.76. The van der Waals surface area contributed by atoms with Gasteiger partial charge in [-0.3, -0.25) is 9.59 Å². The molecule has 4 rings (SSSR count). The first kappa shape index (κ1) is 17.0. The van der Waals surface area contributed by atoms with Crippen molar-refractivity contribution in [2.24, 2.45) is 5.73 Å². The van der Waals surface area contributed by atoms with Crippen LogP contribution in [0.15, 0.2) is 24.3 Å². The zero-order valence-corrected chi connectivity index (χ0v) is 15.1. The van der Waals surface area contributed by atoms with E-state index in [1.165, 1.54) is 10.5 Å². The average molecular weight is 355 g/mol. The van der Waals surface area contributed by atoms with Crippen LogP contribution in [-0.4, -0.2) is 60.4 Å². The van der Waals surface area contributed by atoms with Crippen molar-refractivity contribution < 1.29 is 14.4 Å². The third kappa shape index (κ3) is 2.19. The number of nitrogens with two attached hydrogens (primary N) is 1. The quantitative estimate of drug-likeness (QED) is 0.627. The molecule has 2 heterocycles. The van der Waals surface area contributed by atoms with Gasteiger partial charge in [-0.25, -0.2) is 9.69 Å². The van der Waals surface area contributed by atoms with Crippen molar-refractivity contribution >= 4 is 23.5 Å². The fourth-order valence-corrected chi connectivity index (χ4v) is 4.34. The summed E-state index contributed by atoms with van der Waals surface area (Å²) in [6.07, 6.45) is 4.32. The van der Waals surface area contributed by atoms with Gasteiger partial charge in [0.15, 0.2) is 0 Å². The highest BCUT2D eigenvalue weighted by atomic mass is 16.2. The van der Waals surface area contributed by atoms with Crippen LogP contribution in [0.1, 0.15) is 24.8 Å². The topological polar surface area (TPSA) is 86.9 Å². The van der Waals surface area contributed by atoms with Gasteiger partial charge in [-0.15, -0.1) is 0 Å². The van der Waals surface area contributed by atoms with Crippen LogP contribution < -0.4 is 10.6 Å². The molecule has 1 saturated carbocycles. The zero-order chi connectivity index (χ0) is 18.7. The summed E-state index contributed by atoms with van der Waals surface area (Å²) in [7, 11) is 4.12. The molecule has 26 heavy (non-hydrogen) atoms. The predicted octanol–water partition coefficient (Wildman–Crippen LogP) is 0.880. The number of urea groups is 1. The first-order valence-corrected chi connectivity index (χ1v) is 8.87. The highest BCUT2D eigenvalue weighted by Crippen LogP contribution is 2.49. The Kier molecular flexibility index (Phi) is 3.63. The van der Waals surface area contributed by atoms with Crippen LogP contribution in [-0.2, 0) is 15.0 Å². The standard InChI is InChI=1S/C19H23N4O3/c1-21(2)12-18(9-10-18)13-4-6-14(7-5-13)23-16(25)19(15(20)24)8-3-11-22(19)17(23)26/h4-8H,3,9-12H2,1-2H3,(H2,20,24)/t19-/m0/s1. The van der Waals surface area contributed by atoms with Crippen molar-refractivity contribution in [2.75, 3.05) is 32.1 Å². The molecule has 0 spiro atoms. The van der Waals surface area contributed by atoms with E-state index in [-0.39, 0.29) is 5.41 Å². The normalized spacial score (nSPS) is 26.6. The van der Waals surface area contributed by atoms with E-state index in [9.17, 15) is 14.4 Å².